The van der Waals surface area contributed by atoms with Gasteiger partial charge in [0.25, 0.3) is 0 Å². The molecule has 3 aromatic carbocycles. The summed E-state index contributed by atoms with van der Waals surface area (Å²) in [5.74, 6) is -4.10. The highest BCUT2D eigenvalue weighted by atomic mass is 32.2. The molecule has 0 aliphatic carbocycles. The molecule has 3 atom stereocenters. The molecule has 0 bridgehead atoms. The molecule has 3 heterocycles. The first-order chi connectivity index (χ1) is 21.0. The summed E-state index contributed by atoms with van der Waals surface area (Å²) in [6.45, 7) is -0.440. The quantitative estimate of drug-likeness (QED) is 0.220. The Bertz CT molecular complexity index is 1850. The second kappa shape index (κ2) is 11.2. The van der Waals surface area contributed by atoms with Crippen LogP contribution in [0.4, 0.5) is 28.9 Å². The predicted octanol–water partition coefficient (Wildman–Crippen LogP) is 5.51. The zero-order valence-electron chi connectivity index (χ0n) is 22.6. The lowest BCUT2D eigenvalue weighted by molar-refractivity contribution is -0.137. The SMILES string of the molecule is COc1ccccc1[C@H]1c2sc(=O)n(CC(=O)Nc3ccc(F)cc3)c2SC2C(=O)N(c3cccc(C(F)(F)F)c3)C(=O)C21. The van der Waals surface area contributed by atoms with E-state index in [0.29, 0.717) is 26.9 Å². The van der Waals surface area contributed by atoms with E-state index in [4.69, 9.17) is 4.74 Å². The Kier molecular flexibility index (Phi) is 7.58. The number of hydrogen-bond donors (Lipinski definition) is 1. The number of ether oxygens (including phenoxy) is 1. The molecule has 3 amide bonds. The number of thiazole rings is 1. The predicted molar refractivity (Wildman–Crippen MR) is 156 cm³/mol. The number of amides is 3. The van der Waals surface area contributed by atoms with Gasteiger partial charge in [0.15, 0.2) is 0 Å². The summed E-state index contributed by atoms with van der Waals surface area (Å²) in [4.78, 5) is 54.7. The summed E-state index contributed by atoms with van der Waals surface area (Å²) in [7, 11) is 1.43. The van der Waals surface area contributed by atoms with Crippen LogP contribution in [0.25, 0.3) is 0 Å². The molecule has 1 aromatic heterocycles. The summed E-state index contributed by atoms with van der Waals surface area (Å²) in [5, 5.41) is 1.78. The first-order valence-electron chi connectivity index (χ1n) is 13.1. The van der Waals surface area contributed by atoms with E-state index in [0.717, 1.165) is 46.2 Å². The summed E-state index contributed by atoms with van der Waals surface area (Å²) in [6.07, 6.45) is -4.70. The van der Waals surface area contributed by atoms with Gasteiger partial charge in [-0.15, -0.1) is 0 Å². The van der Waals surface area contributed by atoms with Crippen LogP contribution in [-0.4, -0.2) is 34.6 Å². The minimum Gasteiger partial charge on any atom is -0.496 e. The van der Waals surface area contributed by atoms with Crippen LogP contribution in [-0.2, 0) is 27.1 Å². The monoisotopic (exact) mass is 643 g/mol. The Balaban J connectivity index is 1.43. The Labute approximate surface area is 255 Å². The van der Waals surface area contributed by atoms with Gasteiger partial charge in [0.05, 0.1) is 29.3 Å². The smallest absolute Gasteiger partial charge is 0.416 e. The van der Waals surface area contributed by atoms with E-state index < -0.39 is 63.8 Å². The van der Waals surface area contributed by atoms with E-state index in [1.54, 1.807) is 24.3 Å². The molecule has 226 valence electrons. The molecule has 44 heavy (non-hydrogen) atoms. The van der Waals surface area contributed by atoms with Crippen LogP contribution in [0.1, 0.15) is 21.9 Å². The largest absolute Gasteiger partial charge is 0.496 e. The molecule has 1 saturated heterocycles. The molecule has 14 heteroatoms. The summed E-state index contributed by atoms with van der Waals surface area (Å²) in [5.41, 5.74) is -0.424. The van der Waals surface area contributed by atoms with Gasteiger partial charge in [-0.1, -0.05) is 47.4 Å². The van der Waals surface area contributed by atoms with Gasteiger partial charge in [-0.05, 0) is 48.5 Å². The van der Waals surface area contributed by atoms with Gasteiger partial charge >= 0.3 is 11.0 Å². The zero-order chi connectivity index (χ0) is 31.3. The number of carbonyl (C=O) groups is 3. The van der Waals surface area contributed by atoms with E-state index in [2.05, 4.69) is 5.32 Å². The molecule has 1 fully saturated rings. The summed E-state index contributed by atoms with van der Waals surface area (Å²) in [6, 6.07) is 15.8. The number of alkyl halides is 3. The third-order valence-corrected chi connectivity index (χ3v) is 9.99. The maximum absolute atomic E-state index is 14.0. The fourth-order valence-electron chi connectivity index (χ4n) is 5.47. The third-order valence-electron chi connectivity index (χ3n) is 7.38. The topological polar surface area (TPSA) is 97.7 Å². The number of aromatic nitrogens is 1. The number of nitrogens with zero attached hydrogens (tertiary/aromatic N) is 2. The molecule has 0 radical (unpaired) electrons. The standard InChI is InChI=1S/C30H21F4N3O5S2/c1-42-20-8-3-2-7-19(20)22-23-24(27(40)37(26(23)39)18-6-4-5-15(13-18)30(32,33)34)43-28-25(22)44-29(41)36(28)14-21(38)35-17-11-9-16(31)10-12-17/h2-13,22-24H,14H2,1H3,(H,35,38)/t22-,23?,24?/m1/s1. The summed E-state index contributed by atoms with van der Waals surface area (Å²) >= 11 is 1.74. The highest BCUT2D eigenvalue weighted by Gasteiger charge is 2.57. The maximum atomic E-state index is 14.0. The molecule has 2 aliphatic heterocycles. The van der Waals surface area contributed by atoms with E-state index in [9.17, 15) is 36.7 Å². The number of fused-ring (bicyclic) bond motifs is 2. The van der Waals surface area contributed by atoms with E-state index in [1.807, 2.05) is 0 Å². The number of anilines is 2. The molecular weight excluding hydrogens is 622 g/mol. The number of carbonyl (C=O) groups excluding carboxylic acids is 3. The van der Waals surface area contributed by atoms with E-state index in [-0.39, 0.29) is 5.69 Å². The van der Waals surface area contributed by atoms with E-state index in [1.165, 1.54) is 42.0 Å². The minimum atomic E-state index is -4.70. The fraction of sp³-hybridized carbons (Fsp3) is 0.200. The van der Waals surface area contributed by atoms with Crippen molar-refractivity contribution in [2.75, 3.05) is 17.3 Å². The highest BCUT2D eigenvalue weighted by Crippen LogP contribution is 2.55. The highest BCUT2D eigenvalue weighted by molar-refractivity contribution is 8.00. The Morgan fingerprint density at radius 2 is 1.70 bits per heavy atom. The molecular formula is C30H21F4N3O5S2. The van der Waals surface area contributed by atoms with Crippen LogP contribution < -0.4 is 19.8 Å². The van der Waals surface area contributed by atoms with Crippen molar-refractivity contribution in [3.63, 3.8) is 0 Å². The molecule has 0 saturated carbocycles. The molecule has 0 spiro atoms. The van der Waals surface area contributed by atoms with Crippen LogP contribution in [0, 0.1) is 11.7 Å². The Morgan fingerprint density at radius 1 is 0.977 bits per heavy atom. The number of thioether (sulfide) groups is 1. The van der Waals surface area contributed by atoms with Gasteiger partial charge in [-0.2, -0.15) is 13.2 Å². The number of benzene rings is 3. The maximum Gasteiger partial charge on any atom is 0.416 e. The number of nitrogens with one attached hydrogen (secondary N) is 1. The van der Waals surface area contributed by atoms with Gasteiger partial charge < -0.3 is 10.1 Å². The van der Waals surface area contributed by atoms with Crippen molar-refractivity contribution < 1.29 is 36.7 Å². The number of halogens is 4. The normalized spacial score (nSPS) is 19.5. The van der Waals surface area contributed by atoms with E-state index >= 15 is 0 Å². The van der Waals surface area contributed by atoms with Gasteiger partial charge in [0, 0.05) is 22.0 Å². The average molecular weight is 644 g/mol. The first kappa shape index (κ1) is 29.6. The van der Waals surface area contributed by atoms with Crippen LogP contribution in [0.3, 0.4) is 0 Å². The van der Waals surface area contributed by atoms with Gasteiger partial charge in [0.1, 0.15) is 23.4 Å². The Hall–Kier alpha value is -4.43. The summed E-state index contributed by atoms with van der Waals surface area (Å²) < 4.78 is 60.6. The van der Waals surface area contributed by atoms with Crippen molar-refractivity contribution in [1.82, 2.24) is 4.57 Å². The minimum absolute atomic E-state index is 0.219. The van der Waals surface area contributed by atoms with Crippen molar-refractivity contribution in [3.8, 4) is 5.75 Å². The van der Waals surface area contributed by atoms with Crippen molar-refractivity contribution in [2.24, 2.45) is 5.92 Å². The van der Waals surface area contributed by atoms with Crippen molar-refractivity contribution in [1.29, 1.82) is 0 Å². The van der Waals surface area contributed by atoms with Crippen molar-refractivity contribution in [2.45, 2.75) is 28.9 Å². The second-order valence-corrected chi connectivity index (χ2v) is 12.1. The Morgan fingerprint density at radius 3 is 2.41 bits per heavy atom. The van der Waals surface area contributed by atoms with Gasteiger partial charge in [-0.25, -0.2) is 9.29 Å². The number of imide groups is 1. The van der Waals surface area contributed by atoms with Crippen LogP contribution >= 0.6 is 23.1 Å². The molecule has 2 aliphatic rings. The van der Waals surface area contributed by atoms with Crippen molar-refractivity contribution in [3.05, 3.63) is 104 Å². The van der Waals surface area contributed by atoms with Gasteiger partial charge in [-0.3, -0.25) is 23.7 Å². The lowest BCUT2D eigenvalue weighted by Crippen LogP contribution is -2.33. The average Bonchev–Trinajstić information content (AvgIpc) is 3.44. The first-order valence-corrected chi connectivity index (χ1v) is 14.8. The van der Waals surface area contributed by atoms with Gasteiger partial charge in [0.2, 0.25) is 17.7 Å². The van der Waals surface area contributed by atoms with Crippen molar-refractivity contribution >= 4 is 52.2 Å². The number of methoxy groups -OCH3 is 1. The molecule has 6 rings (SSSR count). The number of para-hydroxylation sites is 1. The number of hydrogen-bond acceptors (Lipinski definition) is 7. The third kappa shape index (κ3) is 5.17. The fourth-order valence-corrected chi connectivity index (χ4v) is 8.23. The lowest BCUT2D eigenvalue weighted by atomic mass is 9.82. The lowest BCUT2D eigenvalue weighted by Gasteiger charge is -2.31. The van der Waals surface area contributed by atoms with Crippen LogP contribution in [0.15, 0.2) is 82.6 Å². The molecule has 4 aromatic rings. The van der Waals surface area contributed by atoms with Crippen LogP contribution in [0.2, 0.25) is 0 Å². The number of rotatable bonds is 6. The molecule has 1 N–H and O–H groups in total. The second-order valence-electron chi connectivity index (χ2n) is 10.0. The molecule has 2 unspecified atom stereocenters. The van der Waals surface area contributed by atoms with Crippen LogP contribution in [0.5, 0.6) is 5.75 Å². The molecule has 8 nitrogen and oxygen atoms in total. The zero-order valence-corrected chi connectivity index (χ0v) is 24.3.